The standard InChI is InChI=1S/C25H21ClN2O2/c1-2-27(17-18-9-5-3-6-10-18)23-22(19-11-7-4-8-12-19)24(29)28(25(23)30)21-15-13-20(26)14-16-21/h3-16H,2,17H2,1H3. The first-order chi connectivity index (χ1) is 14.6. The maximum absolute atomic E-state index is 13.5. The van der Waals surface area contributed by atoms with Gasteiger partial charge in [0.25, 0.3) is 11.8 Å². The second kappa shape index (κ2) is 8.56. The lowest BCUT2D eigenvalue weighted by Crippen LogP contribution is -2.35. The molecule has 5 heteroatoms. The van der Waals surface area contributed by atoms with E-state index in [-0.39, 0.29) is 11.8 Å². The highest BCUT2D eigenvalue weighted by atomic mass is 35.5. The Balaban J connectivity index is 1.81. The molecule has 1 heterocycles. The van der Waals surface area contributed by atoms with Crippen LogP contribution in [0.3, 0.4) is 0 Å². The molecule has 0 N–H and O–H groups in total. The molecule has 2 amide bonds. The number of carbonyl (C=O) groups is 2. The second-order valence-corrected chi connectivity index (χ2v) is 7.45. The predicted molar refractivity (Wildman–Crippen MR) is 120 cm³/mol. The Hall–Kier alpha value is -3.37. The van der Waals surface area contributed by atoms with E-state index in [9.17, 15) is 9.59 Å². The van der Waals surface area contributed by atoms with Crippen molar-refractivity contribution in [2.75, 3.05) is 11.4 Å². The summed E-state index contributed by atoms with van der Waals surface area (Å²) in [6.45, 7) is 3.12. The van der Waals surface area contributed by atoms with Crippen LogP contribution in [0.5, 0.6) is 0 Å². The van der Waals surface area contributed by atoms with Crippen LogP contribution in [0.2, 0.25) is 5.02 Å². The Bertz CT molecular complexity index is 1090. The van der Waals surface area contributed by atoms with Crippen LogP contribution in [0.25, 0.3) is 5.57 Å². The largest absolute Gasteiger partial charge is 0.362 e. The molecule has 0 fully saturated rings. The summed E-state index contributed by atoms with van der Waals surface area (Å²) in [7, 11) is 0. The van der Waals surface area contributed by atoms with E-state index in [1.807, 2.05) is 72.5 Å². The van der Waals surface area contributed by atoms with Crippen LogP contribution in [0, 0.1) is 0 Å². The minimum Gasteiger partial charge on any atom is -0.362 e. The third kappa shape index (κ3) is 3.74. The van der Waals surface area contributed by atoms with Crippen LogP contribution >= 0.6 is 11.6 Å². The molecule has 1 aliphatic rings. The highest BCUT2D eigenvalue weighted by molar-refractivity contribution is 6.45. The Morgan fingerprint density at radius 1 is 0.800 bits per heavy atom. The van der Waals surface area contributed by atoms with Crippen LogP contribution in [-0.4, -0.2) is 23.3 Å². The number of benzene rings is 3. The van der Waals surface area contributed by atoms with Gasteiger partial charge in [0.15, 0.2) is 0 Å². The van der Waals surface area contributed by atoms with Crippen LogP contribution in [0.4, 0.5) is 5.69 Å². The molecule has 1 aliphatic heterocycles. The maximum atomic E-state index is 13.5. The number of halogens is 1. The van der Waals surface area contributed by atoms with Crippen molar-refractivity contribution >= 4 is 34.7 Å². The molecule has 30 heavy (non-hydrogen) atoms. The van der Waals surface area contributed by atoms with Gasteiger partial charge >= 0.3 is 0 Å². The number of amides is 2. The second-order valence-electron chi connectivity index (χ2n) is 7.01. The number of rotatable bonds is 6. The van der Waals surface area contributed by atoms with Gasteiger partial charge in [-0.25, -0.2) is 4.90 Å². The lowest BCUT2D eigenvalue weighted by Gasteiger charge is -2.25. The normalized spacial score (nSPS) is 13.9. The molecule has 150 valence electrons. The van der Waals surface area contributed by atoms with Gasteiger partial charge in [-0.1, -0.05) is 72.3 Å². The molecular formula is C25H21ClN2O2. The quantitative estimate of drug-likeness (QED) is 0.522. The van der Waals surface area contributed by atoms with Gasteiger partial charge in [0.2, 0.25) is 0 Å². The molecular weight excluding hydrogens is 396 g/mol. The molecule has 3 aromatic rings. The van der Waals surface area contributed by atoms with Gasteiger partial charge in [0.05, 0.1) is 11.3 Å². The van der Waals surface area contributed by atoms with Gasteiger partial charge in [-0.2, -0.15) is 0 Å². The van der Waals surface area contributed by atoms with E-state index < -0.39 is 0 Å². The van der Waals surface area contributed by atoms with E-state index in [1.165, 1.54) is 4.90 Å². The van der Waals surface area contributed by atoms with Crippen molar-refractivity contribution in [2.45, 2.75) is 13.5 Å². The number of carbonyl (C=O) groups excluding carboxylic acids is 2. The van der Waals surface area contributed by atoms with E-state index in [1.54, 1.807) is 24.3 Å². The first-order valence-corrected chi connectivity index (χ1v) is 10.2. The lowest BCUT2D eigenvalue weighted by molar-refractivity contribution is -0.120. The summed E-state index contributed by atoms with van der Waals surface area (Å²) in [6, 6.07) is 26.0. The van der Waals surface area contributed by atoms with Crippen molar-refractivity contribution in [1.29, 1.82) is 0 Å². The molecule has 4 nitrogen and oxygen atoms in total. The van der Waals surface area contributed by atoms with Gasteiger partial charge in [0, 0.05) is 18.1 Å². The fourth-order valence-electron chi connectivity index (χ4n) is 3.65. The highest BCUT2D eigenvalue weighted by Crippen LogP contribution is 2.35. The molecule has 0 radical (unpaired) electrons. The predicted octanol–water partition coefficient (Wildman–Crippen LogP) is 5.15. The summed E-state index contributed by atoms with van der Waals surface area (Å²) in [4.78, 5) is 30.2. The Morgan fingerprint density at radius 2 is 1.40 bits per heavy atom. The molecule has 0 aliphatic carbocycles. The van der Waals surface area contributed by atoms with Gasteiger partial charge in [-0.3, -0.25) is 9.59 Å². The zero-order valence-corrected chi connectivity index (χ0v) is 17.3. The number of hydrogen-bond acceptors (Lipinski definition) is 3. The maximum Gasteiger partial charge on any atom is 0.282 e. The van der Waals surface area contributed by atoms with Crippen molar-refractivity contribution in [2.24, 2.45) is 0 Å². The van der Waals surface area contributed by atoms with Gasteiger partial charge in [-0.05, 0) is 42.3 Å². The van der Waals surface area contributed by atoms with Crippen molar-refractivity contribution in [3.05, 3.63) is 107 Å². The van der Waals surface area contributed by atoms with Gasteiger partial charge in [-0.15, -0.1) is 0 Å². The van der Waals surface area contributed by atoms with Crippen LogP contribution < -0.4 is 4.90 Å². The van der Waals surface area contributed by atoms with Crippen molar-refractivity contribution < 1.29 is 9.59 Å². The fourth-order valence-corrected chi connectivity index (χ4v) is 3.78. The van der Waals surface area contributed by atoms with E-state index >= 15 is 0 Å². The molecule has 0 bridgehead atoms. The van der Waals surface area contributed by atoms with Gasteiger partial charge < -0.3 is 4.90 Å². The summed E-state index contributed by atoms with van der Waals surface area (Å²) < 4.78 is 0. The van der Waals surface area contributed by atoms with Crippen LogP contribution in [-0.2, 0) is 16.1 Å². The number of anilines is 1. The monoisotopic (exact) mass is 416 g/mol. The third-order valence-corrected chi connectivity index (χ3v) is 5.37. The fraction of sp³-hybridized carbons (Fsp3) is 0.120. The van der Waals surface area contributed by atoms with Crippen molar-refractivity contribution in [3.8, 4) is 0 Å². The summed E-state index contributed by atoms with van der Waals surface area (Å²) >= 11 is 6.00. The lowest BCUT2D eigenvalue weighted by atomic mass is 10.0. The molecule has 3 aromatic carbocycles. The summed E-state index contributed by atoms with van der Waals surface area (Å²) in [5.41, 5.74) is 3.16. The average Bonchev–Trinajstić information content (AvgIpc) is 3.04. The topological polar surface area (TPSA) is 40.6 Å². The first-order valence-electron chi connectivity index (χ1n) is 9.83. The minimum absolute atomic E-state index is 0.320. The number of hydrogen-bond donors (Lipinski definition) is 0. The van der Waals surface area contributed by atoms with E-state index in [0.717, 1.165) is 11.1 Å². The van der Waals surface area contributed by atoms with Crippen LogP contribution in [0.1, 0.15) is 18.1 Å². The van der Waals surface area contributed by atoms with E-state index in [2.05, 4.69) is 0 Å². The number of likely N-dealkylation sites (N-methyl/N-ethyl adjacent to an activating group) is 1. The zero-order chi connectivity index (χ0) is 21.1. The number of nitrogens with zero attached hydrogens (tertiary/aromatic N) is 2. The zero-order valence-electron chi connectivity index (χ0n) is 16.6. The number of imide groups is 1. The van der Waals surface area contributed by atoms with Gasteiger partial charge in [0.1, 0.15) is 5.70 Å². The summed E-state index contributed by atoms with van der Waals surface area (Å²) in [5, 5.41) is 0.550. The Labute approximate surface area is 181 Å². The molecule has 0 unspecified atom stereocenters. The average molecular weight is 417 g/mol. The highest BCUT2D eigenvalue weighted by Gasteiger charge is 2.42. The van der Waals surface area contributed by atoms with E-state index in [0.29, 0.717) is 35.1 Å². The molecule has 0 saturated heterocycles. The smallest absolute Gasteiger partial charge is 0.282 e. The molecule has 0 aromatic heterocycles. The molecule has 0 atom stereocenters. The molecule has 4 rings (SSSR count). The van der Waals surface area contributed by atoms with Crippen LogP contribution in [0.15, 0.2) is 90.6 Å². The van der Waals surface area contributed by atoms with Crippen molar-refractivity contribution in [3.63, 3.8) is 0 Å². The Kier molecular flexibility index (Phi) is 5.68. The SMILES string of the molecule is CCN(Cc1ccccc1)C1=C(c2ccccc2)C(=O)N(c2ccc(Cl)cc2)C1=O. The van der Waals surface area contributed by atoms with Crippen molar-refractivity contribution in [1.82, 2.24) is 4.90 Å². The minimum atomic E-state index is -0.324. The Morgan fingerprint density at radius 3 is 2.00 bits per heavy atom. The third-order valence-electron chi connectivity index (χ3n) is 5.12. The first kappa shape index (κ1) is 19.9. The van der Waals surface area contributed by atoms with E-state index in [4.69, 9.17) is 11.6 Å². The summed E-state index contributed by atoms with van der Waals surface area (Å²) in [5.74, 6) is -0.644. The molecule has 0 saturated carbocycles. The molecule has 0 spiro atoms. The summed E-state index contributed by atoms with van der Waals surface area (Å²) in [6.07, 6.45) is 0.